The number of anilines is 1. The Morgan fingerprint density at radius 2 is 2.43 bits per heavy atom. The Labute approximate surface area is 91.5 Å². The summed E-state index contributed by atoms with van der Waals surface area (Å²) in [6, 6.07) is 0. The standard InChI is InChI=1S/C8H12ClN3OS/c1-14-4-2-3-12-5-11-7(9)6(10)8(12)13/h5H,2-4,10H2,1H3. The number of aromatic nitrogens is 2. The number of thioether (sulfide) groups is 1. The van der Waals surface area contributed by atoms with Crippen molar-refractivity contribution >= 4 is 29.1 Å². The fraction of sp³-hybridized carbons (Fsp3) is 0.500. The third-order valence-corrected chi connectivity index (χ3v) is 2.77. The monoisotopic (exact) mass is 233 g/mol. The van der Waals surface area contributed by atoms with Gasteiger partial charge < -0.3 is 5.73 Å². The van der Waals surface area contributed by atoms with Crippen molar-refractivity contribution in [3.05, 3.63) is 21.8 Å². The zero-order valence-electron chi connectivity index (χ0n) is 7.86. The molecule has 0 aliphatic heterocycles. The highest BCUT2D eigenvalue weighted by Crippen LogP contribution is 2.08. The van der Waals surface area contributed by atoms with Crippen LogP contribution in [0.2, 0.25) is 5.15 Å². The van der Waals surface area contributed by atoms with E-state index in [4.69, 9.17) is 17.3 Å². The van der Waals surface area contributed by atoms with Crippen LogP contribution < -0.4 is 11.3 Å². The van der Waals surface area contributed by atoms with Crippen LogP contribution in [0.1, 0.15) is 6.42 Å². The highest BCUT2D eigenvalue weighted by Gasteiger charge is 2.05. The maximum Gasteiger partial charge on any atom is 0.278 e. The van der Waals surface area contributed by atoms with Crippen LogP contribution in [0.25, 0.3) is 0 Å². The smallest absolute Gasteiger partial charge is 0.278 e. The van der Waals surface area contributed by atoms with Gasteiger partial charge >= 0.3 is 0 Å². The molecule has 4 nitrogen and oxygen atoms in total. The van der Waals surface area contributed by atoms with Crippen molar-refractivity contribution in [3.63, 3.8) is 0 Å². The van der Waals surface area contributed by atoms with Crippen molar-refractivity contribution in [2.45, 2.75) is 13.0 Å². The molecule has 0 spiro atoms. The normalized spacial score (nSPS) is 10.4. The molecule has 1 aromatic heterocycles. The Morgan fingerprint density at radius 3 is 3.07 bits per heavy atom. The van der Waals surface area contributed by atoms with Gasteiger partial charge in [-0.2, -0.15) is 11.8 Å². The average molecular weight is 234 g/mol. The van der Waals surface area contributed by atoms with Gasteiger partial charge in [-0.05, 0) is 18.4 Å². The van der Waals surface area contributed by atoms with Crippen molar-refractivity contribution < 1.29 is 0 Å². The van der Waals surface area contributed by atoms with Gasteiger partial charge in [0.1, 0.15) is 5.69 Å². The van der Waals surface area contributed by atoms with Crippen LogP contribution in [0.4, 0.5) is 5.69 Å². The van der Waals surface area contributed by atoms with Gasteiger partial charge in [-0.3, -0.25) is 9.36 Å². The predicted octanol–water partition coefficient (Wildman–Crippen LogP) is 1.23. The van der Waals surface area contributed by atoms with Gasteiger partial charge in [0.2, 0.25) is 0 Å². The van der Waals surface area contributed by atoms with Crippen LogP contribution in [0.3, 0.4) is 0 Å². The number of nitrogens with zero attached hydrogens (tertiary/aromatic N) is 2. The summed E-state index contributed by atoms with van der Waals surface area (Å²) in [6.07, 6.45) is 4.38. The topological polar surface area (TPSA) is 60.9 Å². The molecule has 0 saturated carbocycles. The molecular weight excluding hydrogens is 222 g/mol. The largest absolute Gasteiger partial charge is 0.392 e. The molecule has 1 aromatic rings. The molecule has 0 amide bonds. The van der Waals surface area contributed by atoms with Crippen LogP contribution in [0.15, 0.2) is 11.1 Å². The average Bonchev–Trinajstić information content (AvgIpc) is 2.18. The molecule has 0 aromatic carbocycles. The number of nitrogen functional groups attached to an aromatic ring is 1. The van der Waals surface area contributed by atoms with E-state index >= 15 is 0 Å². The van der Waals surface area contributed by atoms with Gasteiger partial charge in [0, 0.05) is 6.54 Å². The van der Waals surface area contributed by atoms with Crippen molar-refractivity contribution in [1.29, 1.82) is 0 Å². The number of aryl methyl sites for hydroxylation is 1. The van der Waals surface area contributed by atoms with Gasteiger partial charge in [-0.15, -0.1) is 0 Å². The Morgan fingerprint density at radius 1 is 1.71 bits per heavy atom. The molecule has 14 heavy (non-hydrogen) atoms. The van der Waals surface area contributed by atoms with Crippen LogP contribution in [0.5, 0.6) is 0 Å². The van der Waals surface area contributed by atoms with E-state index in [0.717, 1.165) is 12.2 Å². The molecule has 0 atom stereocenters. The van der Waals surface area contributed by atoms with Crippen molar-refractivity contribution in [3.8, 4) is 0 Å². The molecule has 0 radical (unpaired) electrons. The van der Waals surface area contributed by atoms with Crippen LogP contribution in [-0.2, 0) is 6.54 Å². The summed E-state index contributed by atoms with van der Waals surface area (Å²) < 4.78 is 1.48. The first kappa shape index (κ1) is 11.4. The van der Waals surface area contributed by atoms with E-state index in [-0.39, 0.29) is 16.4 Å². The molecule has 0 unspecified atom stereocenters. The number of rotatable bonds is 4. The van der Waals surface area contributed by atoms with Crippen LogP contribution in [-0.4, -0.2) is 21.6 Å². The Bertz CT molecular complexity index is 366. The summed E-state index contributed by atoms with van der Waals surface area (Å²) in [4.78, 5) is 15.3. The summed E-state index contributed by atoms with van der Waals surface area (Å²) in [5, 5.41) is 0.0797. The molecule has 6 heteroatoms. The lowest BCUT2D eigenvalue weighted by atomic mass is 10.4. The fourth-order valence-corrected chi connectivity index (χ4v) is 1.57. The first-order chi connectivity index (χ1) is 6.66. The lowest BCUT2D eigenvalue weighted by molar-refractivity contribution is 0.647. The number of halogens is 1. The molecule has 0 saturated heterocycles. The van der Waals surface area contributed by atoms with Gasteiger partial charge in [-0.25, -0.2) is 4.98 Å². The molecule has 78 valence electrons. The molecule has 0 aliphatic carbocycles. The first-order valence-corrected chi connectivity index (χ1v) is 5.93. The highest BCUT2D eigenvalue weighted by molar-refractivity contribution is 7.98. The van der Waals surface area contributed by atoms with E-state index in [2.05, 4.69) is 4.98 Å². The second kappa shape index (κ2) is 5.26. The molecule has 2 N–H and O–H groups in total. The molecule has 1 rings (SSSR count). The lowest BCUT2D eigenvalue weighted by Crippen LogP contribution is -2.23. The first-order valence-electron chi connectivity index (χ1n) is 4.16. The summed E-state index contributed by atoms with van der Waals surface area (Å²) in [7, 11) is 0. The highest BCUT2D eigenvalue weighted by atomic mass is 35.5. The van der Waals surface area contributed by atoms with E-state index in [9.17, 15) is 4.79 Å². The van der Waals surface area contributed by atoms with Gasteiger partial charge in [0.05, 0.1) is 6.33 Å². The lowest BCUT2D eigenvalue weighted by Gasteiger charge is -2.05. The Hall–Kier alpha value is -0.680. The Kier molecular flexibility index (Phi) is 4.28. The fourth-order valence-electron chi connectivity index (χ4n) is 1.02. The van der Waals surface area contributed by atoms with Crippen LogP contribution >= 0.6 is 23.4 Å². The van der Waals surface area contributed by atoms with E-state index in [1.807, 2.05) is 6.26 Å². The zero-order valence-corrected chi connectivity index (χ0v) is 9.44. The minimum absolute atomic E-state index is 0.0262. The molecule has 1 heterocycles. The van der Waals surface area contributed by atoms with Gasteiger partial charge in [0.15, 0.2) is 5.15 Å². The summed E-state index contributed by atoms with van der Waals surface area (Å²) in [5.41, 5.74) is 5.22. The third-order valence-electron chi connectivity index (χ3n) is 1.77. The van der Waals surface area contributed by atoms with Crippen LogP contribution in [0, 0.1) is 0 Å². The number of nitrogens with two attached hydrogens (primary N) is 1. The number of hydrogen-bond donors (Lipinski definition) is 1. The van der Waals surface area contributed by atoms with Gasteiger partial charge in [0.25, 0.3) is 5.56 Å². The Balaban J connectivity index is 2.79. The maximum atomic E-state index is 11.5. The minimum atomic E-state index is -0.258. The number of hydrogen-bond acceptors (Lipinski definition) is 4. The maximum absolute atomic E-state index is 11.5. The zero-order chi connectivity index (χ0) is 10.6. The molecule has 0 aliphatic rings. The molecule has 0 bridgehead atoms. The molecular formula is C8H12ClN3OS. The predicted molar refractivity (Wildman–Crippen MR) is 60.9 cm³/mol. The van der Waals surface area contributed by atoms with Crippen molar-refractivity contribution in [2.75, 3.05) is 17.7 Å². The van der Waals surface area contributed by atoms with E-state index < -0.39 is 0 Å². The second-order valence-corrected chi connectivity index (χ2v) is 4.14. The minimum Gasteiger partial charge on any atom is -0.392 e. The second-order valence-electron chi connectivity index (χ2n) is 2.79. The van der Waals surface area contributed by atoms with Crippen molar-refractivity contribution in [2.24, 2.45) is 0 Å². The van der Waals surface area contributed by atoms with Gasteiger partial charge in [-0.1, -0.05) is 11.6 Å². The molecule has 0 fully saturated rings. The SMILES string of the molecule is CSCCCn1cnc(Cl)c(N)c1=O. The third kappa shape index (κ3) is 2.65. The van der Waals surface area contributed by atoms with E-state index in [0.29, 0.717) is 6.54 Å². The quantitative estimate of drug-likeness (QED) is 0.628. The summed E-state index contributed by atoms with van der Waals surface area (Å²) in [6.45, 7) is 0.633. The van der Waals surface area contributed by atoms with E-state index in [1.54, 1.807) is 11.8 Å². The summed E-state index contributed by atoms with van der Waals surface area (Å²) >= 11 is 7.33. The summed E-state index contributed by atoms with van der Waals surface area (Å²) in [5.74, 6) is 1.01. The van der Waals surface area contributed by atoms with Crippen molar-refractivity contribution in [1.82, 2.24) is 9.55 Å². The van der Waals surface area contributed by atoms with E-state index in [1.165, 1.54) is 10.9 Å².